The van der Waals surface area contributed by atoms with Gasteiger partial charge in [-0.3, -0.25) is 25.0 Å². The van der Waals surface area contributed by atoms with Gasteiger partial charge in [0.05, 0.1) is 6.33 Å². The number of furan rings is 1. The summed E-state index contributed by atoms with van der Waals surface area (Å²) in [5, 5.41) is 23.2. The Hall–Kier alpha value is -3.07. The average molecular weight is 496 g/mol. The lowest BCUT2D eigenvalue weighted by Gasteiger charge is -2.16. The van der Waals surface area contributed by atoms with Gasteiger partial charge in [0.1, 0.15) is 18.5 Å². The molecular weight excluding hydrogens is 478 g/mol. The van der Waals surface area contributed by atoms with E-state index in [1.165, 1.54) is 23.3 Å². The van der Waals surface area contributed by atoms with Gasteiger partial charge in [0.25, 0.3) is 5.91 Å². The number of hydrogen-bond acceptors (Lipinski definition) is 10. The number of hydrogen-bond donors (Lipinski definition) is 5. The van der Waals surface area contributed by atoms with E-state index in [1.807, 2.05) is 0 Å². The quantitative estimate of drug-likeness (QED) is 0.285. The van der Waals surface area contributed by atoms with Crippen molar-refractivity contribution in [2.75, 3.05) is 12.0 Å². The first-order chi connectivity index (χ1) is 14.9. The number of rotatable bonds is 6. The monoisotopic (exact) mass is 495 g/mol. The van der Waals surface area contributed by atoms with E-state index in [-0.39, 0.29) is 22.7 Å². The Labute approximate surface area is 182 Å². The number of carbonyl (C=O) groups excluding carboxylic acids is 2. The number of aromatic nitrogens is 4. The van der Waals surface area contributed by atoms with Gasteiger partial charge in [0, 0.05) is 6.54 Å². The molecule has 164 valence electrons. The van der Waals surface area contributed by atoms with Gasteiger partial charge in [-0.2, -0.15) is 0 Å². The van der Waals surface area contributed by atoms with Crippen LogP contribution in [0.25, 0.3) is 11.2 Å². The SMILES string of the molecule is CCNC(=O)[C@H]1O[C@@H](n2cnc3c(NNC(=O)c4ccc(Br)o4)ncnc32)[C@H](O)[C@@H]1O. The number of anilines is 1. The number of carbonyl (C=O) groups is 2. The molecule has 4 heterocycles. The van der Waals surface area contributed by atoms with Crippen molar-refractivity contribution in [3.8, 4) is 0 Å². The van der Waals surface area contributed by atoms with Crippen LogP contribution in [0.3, 0.4) is 0 Å². The number of nitrogens with zero attached hydrogens (tertiary/aromatic N) is 4. The number of likely N-dealkylation sites (N-methyl/N-ethyl adjacent to an activating group) is 1. The second-order valence-electron chi connectivity index (χ2n) is 6.55. The summed E-state index contributed by atoms with van der Waals surface area (Å²) < 4.78 is 12.5. The third-order valence-corrected chi connectivity index (χ3v) is 5.00. The minimum Gasteiger partial charge on any atom is -0.444 e. The van der Waals surface area contributed by atoms with Crippen molar-refractivity contribution in [2.45, 2.75) is 31.5 Å². The molecule has 4 rings (SSSR count). The molecule has 0 unspecified atom stereocenters. The summed E-state index contributed by atoms with van der Waals surface area (Å²) in [5.74, 6) is -0.830. The highest BCUT2D eigenvalue weighted by Gasteiger charge is 2.47. The Morgan fingerprint density at radius 2 is 2.03 bits per heavy atom. The van der Waals surface area contributed by atoms with Crippen LogP contribution in [-0.4, -0.2) is 66.4 Å². The predicted molar refractivity (Wildman–Crippen MR) is 107 cm³/mol. The number of halogens is 1. The topological polar surface area (TPSA) is 177 Å². The summed E-state index contributed by atoms with van der Waals surface area (Å²) in [6, 6.07) is 3.06. The summed E-state index contributed by atoms with van der Waals surface area (Å²) in [5.41, 5.74) is 5.59. The first-order valence-electron chi connectivity index (χ1n) is 9.19. The second kappa shape index (κ2) is 8.58. The van der Waals surface area contributed by atoms with Crippen molar-refractivity contribution in [2.24, 2.45) is 0 Å². The molecule has 13 nitrogen and oxygen atoms in total. The summed E-state index contributed by atoms with van der Waals surface area (Å²) in [4.78, 5) is 36.6. The van der Waals surface area contributed by atoms with Crippen LogP contribution in [-0.2, 0) is 9.53 Å². The lowest BCUT2D eigenvalue weighted by atomic mass is 10.1. The fraction of sp³-hybridized carbons (Fsp3) is 0.353. The van der Waals surface area contributed by atoms with Crippen LogP contribution in [0.5, 0.6) is 0 Å². The molecule has 2 amide bonds. The Kier molecular flexibility index (Phi) is 5.86. The third-order valence-electron chi connectivity index (χ3n) is 4.57. The van der Waals surface area contributed by atoms with E-state index < -0.39 is 36.4 Å². The lowest BCUT2D eigenvalue weighted by molar-refractivity contribution is -0.137. The molecule has 1 aliphatic heterocycles. The number of aliphatic hydroxyl groups excluding tert-OH is 2. The van der Waals surface area contributed by atoms with E-state index in [0.717, 1.165) is 0 Å². The number of amides is 2. The van der Waals surface area contributed by atoms with Gasteiger partial charge in [-0.1, -0.05) is 0 Å². The van der Waals surface area contributed by atoms with Crippen LogP contribution >= 0.6 is 15.9 Å². The smallest absolute Gasteiger partial charge is 0.305 e. The zero-order valence-corrected chi connectivity index (χ0v) is 17.6. The molecule has 1 aliphatic rings. The highest BCUT2D eigenvalue weighted by molar-refractivity contribution is 9.10. The first-order valence-corrected chi connectivity index (χ1v) is 9.98. The van der Waals surface area contributed by atoms with Crippen LogP contribution in [0, 0.1) is 0 Å². The van der Waals surface area contributed by atoms with Crippen LogP contribution in [0.4, 0.5) is 5.82 Å². The molecule has 4 atom stereocenters. The second-order valence-corrected chi connectivity index (χ2v) is 7.33. The molecule has 14 heteroatoms. The maximum atomic E-state index is 12.1. The molecular formula is C17H18BrN7O6. The van der Waals surface area contributed by atoms with Crippen molar-refractivity contribution < 1.29 is 29.0 Å². The maximum Gasteiger partial charge on any atom is 0.305 e. The molecule has 0 saturated carbocycles. The molecule has 3 aromatic heterocycles. The lowest BCUT2D eigenvalue weighted by Crippen LogP contribution is -2.42. The van der Waals surface area contributed by atoms with E-state index in [9.17, 15) is 19.8 Å². The number of hydrazine groups is 1. The summed E-state index contributed by atoms with van der Waals surface area (Å²) in [6.45, 7) is 2.08. The van der Waals surface area contributed by atoms with E-state index in [4.69, 9.17) is 9.15 Å². The average Bonchev–Trinajstić information content (AvgIpc) is 3.45. The van der Waals surface area contributed by atoms with Crippen LogP contribution < -0.4 is 16.2 Å². The van der Waals surface area contributed by atoms with Gasteiger partial charge in [0.15, 0.2) is 39.7 Å². The molecule has 0 spiro atoms. The predicted octanol–water partition coefficient (Wildman–Crippen LogP) is -0.306. The molecule has 3 aromatic rings. The van der Waals surface area contributed by atoms with Crippen LogP contribution in [0.2, 0.25) is 0 Å². The largest absolute Gasteiger partial charge is 0.444 e. The van der Waals surface area contributed by atoms with Gasteiger partial charge in [-0.15, -0.1) is 0 Å². The molecule has 1 fully saturated rings. The number of aliphatic hydroxyl groups is 2. The first kappa shape index (κ1) is 21.2. The highest BCUT2D eigenvalue weighted by Crippen LogP contribution is 2.32. The minimum atomic E-state index is -1.43. The van der Waals surface area contributed by atoms with E-state index >= 15 is 0 Å². The van der Waals surface area contributed by atoms with Gasteiger partial charge in [-0.25, -0.2) is 15.0 Å². The van der Waals surface area contributed by atoms with Crippen molar-refractivity contribution in [3.05, 3.63) is 35.2 Å². The molecule has 5 N–H and O–H groups in total. The van der Waals surface area contributed by atoms with Gasteiger partial charge in [0.2, 0.25) is 0 Å². The van der Waals surface area contributed by atoms with E-state index in [0.29, 0.717) is 11.2 Å². The number of imidazole rings is 1. The summed E-state index contributed by atoms with van der Waals surface area (Å²) >= 11 is 3.12. The van der Waals surface area contributed by atoms with E-state index in [2.05, 4.69) is 47.1 Å². The summed E-state index contributed by atoms with van der Waals surface area (Å²) in [7, 11) is 0. The van der Waals surface area contributed by atoms with Gasteiger partial charge in [-0.05, 0) is 35.0 Å². The molecule has 0 aliphatic carbocycles. The Morgan fingerprint density at radius 3 is 2.74 bits per heavy atom. The van der Waals surface area contributed by atoms with Crippen molar-refractivity contribution >= 4 is 44.7 Å². The third kappa shape index (κ3) is 3.97. The zero-order valence-electron chi connectivity index (χ0n) is 16.0. The zero-order chi connectivity index (χ0) is 22.1. The standard InChI is InChI=1S/C17H18BrN7O6/c1-2-19-16(29)12-10(26)11(27)17(31-12)25-6-22-9-13(20-5-21-14(9)25)23-24-15(28)7-3-4-8(18)30-7/h3-6,10-12,17,26-27H,2H2,1H3,(H,19,29)(H,24,28)(H,20,21,23)/t10-,11+,12-,17+/m0/s1. The number of ether oxygens (including phenoxy) is 1. The number of fused-ring (bicyclic) bond motifs is 1. The highest BCUT2D eigenvalue weighted by atomic mass is 79.9. The normalized spacial score (nSPS) is 23.1. The molecule has 0 aromatic carbocycles. The number of nitrogens with one attached hydrogen (secondary N) is 3. The molecule has 0 bridgehead atoms. The van der Waals surface area contributed by atoms with Gasteiger partial charge >= 0.3 is 5.91 Å². The van der Waals surface area contributed by atoms with Crippen molar-refractivity contribution in [1.82, 2.24) is 30.3 Å². The maximum absolute atomic E-state index is 12.1. The Balaban J connectivity index is 1.55. The Bertz CT molecular complexity index is 1120. The molecule has 0 radical (unpaired) electrons. The van der Waals surface area contributed by atoms with Crippen LogP contribution in [0.15, 0.2) is 33.9 Å². The van der Waals surface area contributed by atoms with Crippen LogP contribution in [0.1, 0.15) is 23.7 Å². The molecule has 31 heavy (non-hydrogen) atoms. The Morgan fingerprint density at radius 1 is 1.23 bits per heavy atom. The fourth-order valence-corrected chi connectivity index (χ4v) is 3.43. The summed E-state index contributed by atoms with van der Waals surface area (Å²) in [6.07, 6.45) is -2.63. The van der Waals surface area contributed by atoms with Gasteiger partial charge < -0.3 is 24.7 Å². The molecule has 1 saturated heterocycles. The van der Waals surface area contributed by atoms with Crippen molar-refractivity contribution in [1.29, 1.82) is 0 Å². The minimum absolute atomic E-state index is 0.0723. The van der Waals surface area contributed by atoms with E-state index in [1.54, 1.807) is 13.0 Å². The van der Waals surface area contributed by atoms with Crippen molar-refractivity contribution in [3.63, 3.8) is 0 Å². The fourth-order valence-electron chi connectivity index (χ4n) is 3.12.